The van der Waals surface area contributed by atoms with Crippen molar-refractivity contribution in [1.82, 2.24) is 24.4 Å². The Morgan fingerprint density at radius 3 is 2.30 bits per heavy atom. The molecule has 0 bridgehead atoms. The average molecular weight is 561 g/mol. The minimum absolute atomic E-state index is 0.0202. The van der Waals surface area contributed by atoms with Crippen molar-refractivity contribution in [1.29, 1.82) is 0 Å². The van der Waals surface area contributed by atoms with Crippen LogP contribution in [-0.4, -0.2) is 43.5 Å². The van der Waals surface area contributed by atoms with E-state index < -0.39 is 35.9 Å². The highest BCUT2D eigenvalue weighted by Gasteiger charge is 2.37. The Morgan fingerprint density at radius 1 is 0.975 bits per heavy atom. The van der Waals surface area contributed by atoms with Crippen LogP contribution < -0.4 is 4.74 Å². The number of aryl methyl sites for hydroxylation is 1. The lowest BCUT2D eigenvalue weighted by atomic mass is 10.00. The zero-order valence-corrected chi connectivity index (χ0v) is 20.9. The number of amides is 1. The second kappa shape index (κ2) is 10.3. The molecule has 0 fully saturated rings. The Morgan fingerprint density at radius 2 is 1.68 bits per heavy atom. The number of nitrogens with zero attached hydrogens (tertiary/aromatic N) is 5. The summed E-state index contributed by atoms with van der Waals surface area (Å²) in [6.07, 6.45) is -5.16. The number of ether oxygens (including phenoxy) is 1. The van der Waals surface area contributed by atoms with Crippen LogP contribution >= 0.6 is 0 Å². The Hall–Kier alpha value is -4.42. The molecule has 0 atom stereocenters. The minimum atomic E-state index is -5.01. The van der Waals surface area contributed by atoms with Crippen LogP contribution in [0.25, 0.3) is 17.2 Å². The van der Waals surface area contributed by atoms with Crippen molar-refractivity contribution in [3.63, 3.8) is 0 Å². The summed E-state index contributed by atoms with van der Waals surface area (Å²) >= 11 is 0. The maximum atomic E-state index is 14.0. The minimum Gasteiger partial charge on any atom is -0.477 e. The Bertz CT molecular complexity index is 1520. The topological polar surface area (TPSA) is 73.1 Å². The largest absolute Gasteiger partial charge is 0.477 e. The van der Waals surface area contributed by atoms with Gasteiger partial charge in [0.1, 0.15) is 11.9 Å². The summed E-state index contributed by atoms with van der Waals surface area (Å²) in [6.45, 7) is 1.43. The second-order valence-electron chi connectivity index (χ2n) is 9.18. The van der Waals surface area contributed by atoms with Crippen LogP contribution in [0.1, 0.15) is 39.0 Å². The van der Waals surface area contributed by atoms with Crippen molar-refractivity contribution in [2.24, 2.45) is 0 Å². The molecule has 0 radical (unpaired) electrons. The lowest BCUT2D eigenvalue weighted by molar-refractivity contribution is -0.143. The van der Waals surface area contributed by atoms with Gasteiger partial charge in [-0.25, -0.2) is 9.97 Å². The number of alkyl halides is 6. The van der Waals surface area contributed by atoms with Gasteiger partial charge in [-0.05, 0) is 42.7 Å². The van der Waals surface area contributed by atoms with Gasteiger partial charge in [-0.3, -0.25) is 9.36 Å². The van der Waals surface area contributed by atoms with Crippen molar-refractivity contribution in [3.05, 3.63) is 89.0 Å². The molecule has 2 aromatic heterocycles. The fraction of sp³-hybridized carbons (Fsp3) is 0.259. The maximum absolute atomic E-state index is 14.0. The van der Waals surface area contributed by atoms with Crippen molar-refractivity contribution in [2.45, 2.75) is 32.2 Å². The zero-order chi connectivity index (χ0) is 28.7. The first kappa shape index (κ1) is 27.2. The Balaban J connectivity index is 1.63. The van der Waals surface area contributed by atoms with Gasteiger partial charge in [0.15, 0.2) is 0 Å². The molecule has 208 valence electrons. The molecule has 1 aliphatic rings. The van der Waals surface area contributed by atoms with Gasteiger partial charge < -0.3 is 9.64 Å². The van der Waals surface area contributed by atoms with Crippen LogP contribution in [0.15, 0.2) is 61.2 Å². The Labute approximate surface area is 224 Å². The van der Waals surface area contributed by atoms with Crippen molar-refractivity contribution >= 4 is 5.91 Å². The SMILES string of the molecule is Cc1ccccc1-c1nc(-n2ccnc2)nc2c1C(=O)N(Cc1cc(C(F)(F)F)cc(C(F)(F)F)c1)CCCO2. The van der Waals surface area contributed by atoms with E-state index in [1.807, 2.05) is 13.0 Å². The van der Waals surface area contributed by atoms with Crippen molar-refractivity contribution in [2.75, 3.05) is 13.2 Å². The standard InChI is InChI=1S/C27H21F6N5O2/c1-16-5-2-3-6-20(16)22-21-23(36-25(35-22)38-9-7-34-15-38)40-10-4-8-37(24(21)39)14-17-11-18(26(28,29)30)13-19(12-17)27(31,32)33/h2-3,5-7,9,11-13,15H,4,8,10,14H2,1H3. The average Bonchev–Trinajstić information content (AvgIpc) is 3.43. The molecule has 0 unspecified atom stereocenters. The molecule has 1 aliphatic heterocycles. The van der Waals surface area contributed by atoms with E-state index in [2.05, 4.69) is 15.0 Å². The van der Waals surface area contributed by atoms with Crippen LogP contribution in [0, 0.1) is 6.92 Å². The van der Waals surface area contributed by atoms with Crippen molar-refractivity contribution < 1.29 is 35.9 Å². The highest BCUT2D eigenvalue weighted by atomic mass is 19.4. The molecule has 4 aromatic rings. The van der Waals surface area contributed by atoms with Crippen LogP contribution in [0.3, 0.4) is 0 Å². The first-order valence-electron chi connectivity index (χ1n) is 12.1. The molecular weight excluding hydrogens is 540 g/mol. The Kier molecular flexibility index (Phi) is 6.98. The summed E-state index contributed by atoms with van der Waals surface area (Å²) in [7, 11) is 0. The number of halogens is 6. The molecule has 3 heterocycles. The quantitative estimate of drug-likeness (QED) is 0.282. The molecule has 0 spiro atoms. The van der Waals surface area contributed by atoms with Gasteiger partial charge in [-0.2, -0.15) is 31.3 Å². The summed E-state index contributed by atoms with van der Waals surface area (Å²) in [6, 6.07) is 8.42. The lowest BCUT2D eigenvalue weighted by Gasteiger charge is -2.28. The summed E-state index contributed by atoms with van der Waals surface area (Å²) in [5, 5.41) is 0. The first-order chi connectivity index (χ1) is 18.9. The third kappa shape index (κ3) is 5.49. The number of aromatic nitrogens is 4. The van der Waals surface area contributed by atoms with E-state index in [1.54, 1.807) is 24.4 Å². The summed E-state index contributed by atoms with van der Waals surface area (Å²) in [5.41, 5.74) is -1.69. The molecule has 7 nitrogen and oxygen atoms in total. The zero-order valence-electron chi connectivity index (χ0n) is 20.9. The smallest absolute Gasteiger partial charge is 0.416 e. The van der Waals surface area contributed by atoms with Crippen LogP contribution in [-0.2, 0) is 18.9 Å². The van der Waals surface area contributed by atoms with E-state index in [9.17, 15) is 31.1 Å². The van der Waals surface area contributed by atoms with Gasteiger partial charge in [0.05, 0.1) is 23.4 Å². The second-order valence-corrected chi connectivity index (χ2v) is 9.18. The predicted octanol–water partition coefficient (Wildman–Crippen LogP) is 6.10. The van der Waals surface area contributed by atoms with Gasteiger partial charge in [-0.15, -0.1) is 0 Å². The van der Waals surface area contributed by atoms with E-state index in [1.165, 1.54) is 22.0 Å². The molecule has 5 rings (SSSR count). The third-order valence-corrected chi connectivity index (χ3v) is 6.33. The normalized spacial score (nSPS) is 14.4. The highest BCUT2D eigenvalue weighted by molar-refractivity contribution is 6.02. The third-order valence-electron chi connectivity index (χ3n) is 6.33. The van der Waals surface area contributed by atoms with E-state index >= 15 is 0 Å². The number of carbonyl (C=O) groups is 1. The number of hydrogen-bond donors (Lipinski definition) is 0. The molecule has 40 heavy (non-hydrogen) atoms. The van der Waals surface area contributed by atoms with Crippen LogP contribution in [0.4, 0.5) is 26.3 Å². The number of rotatable bonds is 4. The summed E-state index contributed by atoms with van der Waals surface area (Å²) in [5.74, 6) is -0.565. The molecule has 1 amide bonds. The number of imidazole rings is 1. The maximum Gasteiger partial charge on any atom is 0.416 e. The molecule has 0 aliphatic carbocycles. The number of carbonyl (C=O) groups excluding carboxylic acids is 1. The first-order valence-corrected chi connectivity index (χ1v) is 12.1. The van der Waals surface area contributed by atoms with Gasteiger partial charge in [-0.1, -0.05) is 24.3 Å². The summed E-state index contributed by atoms with van der Waals surface area (Å²) < 4.78 is 88.1. The van der Waals surface area contributed by atoms with E-state index in [4.69, 9.17) is 4.74 Å². The number of fused-ring (bicyclic) bond motifs is 1. The van der Waals surface area contributed by atoms with Gasteiger partial charge in [0.2, 0.25) is 11.8 Å². The molecule has 0 N–H and O–H groups in total. The predicted molar refractivity (Wildman–Crippen MR) is 131 cm³/mol. The van der Waals surface area contributed by atoms with E-state index in [-0.39, 0.29) is 54.3 Å². The fourth-order valence-electron chi connectivity index (χ4n) is 4.42. The number of benzene rings is 2. The van der Waals surface area contributed by atoms with Crippen LogP contribution in [0.2, 0.25) is 0 Å². The monoisotopic (exact) mass is 561 g/mol. The van der Waals surface area contributed by atoms with Crippen molar-refractivity contribution in [3.8, 4) is 23.1 Å². The molecule has 0 saturated carbocycles. The van der Waals surface area contributed by atoms with Gasteiger partial charge >= 0.3 is 12.4 Å². The molecule has 2 aromatic carbocycles. The molecule has 13 heteroatoms. The van der Waals surface area contributed by atoms with Crippen LogP contribution in [0.5, 0.6) is 5.88 Å². The van der Waals surface area contributed by atoms with Gasteiger partial charge in [0, 0.05) is 31.0 Å². The lowest BCUT2D eigenvalue weighted by Crippen LogP contribution is -2.35. The molecular formula is C27H21F6N5O2. The fourth-order valence-corrected chi connectivity index (χ4v) is 4.42. The van der Waals surface area contributed by atoms with E-state index in [0.29, 0.717) is 17.7 Å². The summed E-state index contributed by atoms with van der Waals surface area (Å²) in [4.78, 5) is 28.2. The number of hydrogen-bond acceptors (Lipinski definition) is 5. The highest BCUT2D eigenvalue weighted by Crippen LogP contribution is 2.38. The van der Waals surface area contributed by atoms with E-state index in [0.717, 1.165) is 5.56 Å². The van der Waals surface area contributed by atoms with Gasteiger partial charge in [0.25, 0.3) is 5.91 Å². The molecule has 0 saturated heterocycles.